The molecule has 1 N–H and O–H groups in total. The van der Waals surface area contributed by atoms with Crippen LogP contribution in [0.2, 0.25) is 0 Å². The molecule has 0 heterocycles. The monoisotopic (exact) mass is 367 g/mol. The smallest absolute Gasteiger partial charge is 0.265 e. The van der Waals surface area contributed by atoms with Crippen LogP contribution in [0.5, 0.6) is 5.75 Å². The Hall–Kier alpha value is -2.78. The summed E-state index contributed by atoms with van der Waals surface area (Å²) < 4.78 is 96.9. The Labute approximate surface area is 136 Å². The molecule has 10 heteroatoms. The van der Waals surface area contributed by atoms with Crippen LogP contribution >= 0.6 is 0 Å². The second-order valence-electron chi connectivity index (χ2n) is 4.77. The number of hydrogen-bond donors (Lipinski definition) is 1. The lowest BCUT2D eigenvalue weighted by Gasteiger charge is -2.16. The fraction of sp³-hybridized carbons (Fsp3) is 0.133. The molecule has 0 fully saturated rings. The third-order valence-electron chi connectivity index (χ3n) is 3.03. The number of anilines is 1. The number of carbonyl (C=O) groups is 1. The Morgan fingerprint density at radius 1 is 0.880 bits per heavy atom. The minimum Gasteiger partial charge on any atom is -0.475 e. The van der Waals surface area contributed by atoms with Gasteiger partial charge < -0.3 is 10.1 Å². The van der Waals surface area contributed by atoms with Crippen molar-refractivity contribution in [2.24, 2.45) is 0 Å². The molecule has 0 spiro atoms. The first-order valence-corrected chi connectivity index (χ1v) is 6.57. The first kappa shape index (κ1) is 18.6. The number of carbonyl (C=O) groups excluding carboxylic acids is 1. The zero-order chi connectivity index (χ0) is 18.9. The predicted octanol–water partition coefficient (Wildman–Crippen LogP) is 4.07. The van der Waals surface area contributed by atoms with Crippen LogP contribution < -0.4 is 10.1 Å². The fourth-order valence-corrected chi connectivity index (χ4v) is 1.74. The molecule has 0 aliphatic rings. The molecule has 0 unspecified atom stereocenters. The number of rotatable bonds is 4. The van der Waals surface area contributed by atoms with Gasteiger partial charge in [-0.15, -0.1) is 0 Å². The predicted molar refractivity (Wildman–Crippen MR) is 71.3 cm³/mol. The van der Waals surface area contributed by atoms with E-state index in [1.54, 1.807) is 5.32 Å². The molecule has 2 rings (SSSR count). The van der Waals surface area contributed by atoms with Crippen molar-refractivity contribution < 1.29 is 40.3 Å². The molecular formula is C15H8F7NO2. The topological polar surface area (TPSA) is 38.3 Å². The quantitative estimate of drug-likeness (QED) is 0.503. The summed E-state index contributed by atoms with van der Waals surface area (Å²) in [5.41, 5.74) is -0.772. The van der Waals surface area contributed by atoms with Gasteiger partial charge in [0.2, 0.25) is 11.6 Å². The van der Waals surface area contributed by atoms with Crippen molar-refractivity contribution in [2.45, 2.75) is 13.0 Å². The van der Waals surface area contributed by atoms with Crippen LogP contribution in [0.4, 0.5) is 36.4 Å². The van der Waals surface area contributed by atoms with E-state index in [0.29, 0.717) is 12.1 Å². The van der Waals surface area contributed by atoms with Crippen LogP contribution in [0.25, 0.3) is 0 Å². The molecule has 0 saturated carbocycles. The first-order chi connectivity index (χ1) is 11.6. The van der Waals surface area contributed by atoms with E-state index in [9.17, 15) is 35.5 Å². The van der Waals surface area contributed by atoms with E-state index in [1.165, 1.54) is 0 Å². The Morgan fingerprint density at radius 2 is 1.44 bits per heavy atom. The van der Waals surface area contributed by atoms with Crippen molar-refractivity contribution in [3.63, 3.8) is 0 Å². The van der Waals surface area contributed by atoms with Gasteiger partial charge in [0.25, 0.3) is 5.91 Å². The first-order valence-electron chi connectivity index (χ1n) is 6.57. The van der Waals surface area contributed by atoms with Crippen molar-refractivity contribution in [3.8, 4) is 5.75 Å². The van der Waals surface area contributed by atoms with Crippen LogP contribution in [-0.2, 0) is 4.79 Å². The van der Waals surface area contributed by atoms with Gasteiger partial charge in [0.15, 0.2) is 40.9 Å². The maximum absolute atomic E-state index is 13.5. The molecule has 1 amide bonds. The molecule has 0 aliphatic heterocycles. The number of ether oxygens (including phenoxy) is 1. The van der Waals surface area contributed by atoms with Crippen LogP contribution in [0, 0.1) is 40.7 Å². The van der Waals surface area contributed by atoms with E-state index >= 15 is 0 Å². The number of amides is 1. The van der Waals surface area contributed by atoms with E-state index in [2.05, 4.69) is 4.74 Å². The van der Waals surface area contributed by atoms with Gasteiger partial charge in [-0.25, -0.2) is 22.0 Å². The molecule has 134 valence electrons. The average Bonchev–Trinajstić information content (AvgIpc) is 2.57. The van der Waals surface area contributed by atoms with Crippen molar-refractivity contribution in [2.75, 3.05) is 5.32 Å². The molecule has 2 aromatic rings. The summed E-state index contributed by atoms with van der Waals surface area (Å²) in [6, 6.07) is 1.17. The molecule has 2 aromatic carbocycles. The van der Waals surface area contributed by atoms with E-state index in [4.69, 9.17) is 0 Å². The lowest BCUT2D eigenvalue weighted by atomic mass is 10.2. The van der Waals surface area contributed by atoms with E-state index in [1.807, 2.05) is 0 Å². The summed E-state index contributed by atoms with van der Waals surface area (Å²) in [5.74, 6) is -15.1. The van der Waals surface area contributed by atoms with Crippen molar-refractivity contribution in [1.29, 1.82) is 0 Å². The van der Waals surface area contributed by atoms with Crippen LogP contribution in [0.1, 0.15) is 6.92 Å². The van der Waals surface area contributed by atoms with Crippen molar-refractivity contribution in [3.05, 3.63) is 58.9 Å². The zero-order valence-corrected chi connectivity index (χ0v) is 12.3. The van der Waals surface area contributed by atoms with Crippen LogP contribution in [0.3, 0.4) is 0 Å². The van der Waals surface area contributed by atoms with Gasteiger partial charge in [0, 0.05) is 6.07 Å². The van der Waals surface area contributed by atoms with E-state index in [0.717, 1.165) is 6.92 Å². The van der Waals surface area contributed by atoms with Gasteiger partial charge in [-0.2, -0.15) is 8.78 Å². The summed E-state index contributed by atoms with van der Waals surface area (Å²) >= 11 is 0. The second kappa shape index (κ2) is 6.99. The number of nitrogens with one attached hydrogen (secondary N) is 1. The standard InChI is InChI=1S/C15H8F7NO2/c1-5(25-14-11(20)7(17)4-8(18)12(14)21)15(24)23-9-3-2-6(16)10(19)13(9)22/h2-5H,1H3,(H,23,24)/t5-/m1/s1. The Balaban J connectivity index is 2.21. The van der Waals surface area contributed by atoms with Crippen molar-refractivity contribution >= 4 is 11.6 Å². The minimum atomic E-state index is -1.88. The molecule has 1 atom stereocenters. The minimum absolute atomic E-state index is 0.0566. The fourth-order valence-electron chi connectivity index (χ4n) is 1.74. The lowest BCUT2D eigenvalue weighted by molar-refractivity contribution is -0.122. The van der Waals surface area contributed by atoms with Gasteiger partial charge in [0.1, 0.15) is 0 Å². The molecule has 0 bridgehead atoms. The van der Waals surface area contributed by atoms with Gasteiger partial charge >= 0.3 is 0 Å². The number of benzene rings is 2. The van der Waals surface area contributed by atoms with E-state index in [-0.39, 0.29) is 6.07 Å². The number of hydrogen-bond acceptors (Lipinski definition) is 2. The van der Waals surface area contributed by atoms with Gasteiger partial charge in [-0.05, 0) is 19.1 Å². The third-order valence-corrected chi connectivity index (χ3v) is 3.03. The van der Waals surface area contributed by atoms with Crippen LogP contribution in [0.15, 0.2) is 18.2 Å². The van der Waals surface area contributed by atoms with Gasteiger partial charge in [-0.1, -0.05) is 0 Å². The van der Waals surface area contributed by atoms with Crippen molar-refractivity contribution in [1.82, 2.24) is 0 Å². The molecule has 0 aromatic heterocycles. The highest BCUT2D eigenvalue weighted by Gasteiger charge is 2.26. The highest BCUT2D eigenvalue weighted by molar-refractivity contribution is 5.94. The summed E-state index contributed by atoms with van der Waals surface area (Å²) in [5, 5.41) is 1.79. The third kappa shape index (κ3) is 3.67. The number of halogens is 7. The van der Waals surface area contributed by atoms with Crippen LogP contribution in [-0.4, -0.2) is 12.0 Å². The average molecular weight is 367 g/mol. The molecule has 25 heavy (non-hydrogen) atoms. The SMILES string of the molecule is C[C@@H](Oc1c(F)c(F)cc(F)c1F)C(=O)Nc1ccc(F)c(F)c1F. The highest BCUT2D eigenvalue weighted by atomic mass is 19.2. The second-order valence-corrected chi connectivity index (χ2v) is 4.77. The summed E-state index contributed by atoms with van der Waals surface area (Å²) in [6.45, 7) is 0.925. The molecule has 3 nitrogen and oxygen atoms in total. The molecule has 0 saturated heterocycles. The van der Waals surface area contributed by atoms with Gasteiger partial charge in [-0.3, -0.25) is 4.79 Å². The Morgan fingerprint density at radius 3 is 2.00 bits per heavy atom. The lowest BCUT2D eigenvalue weighted by Crippen LogP contribution is -2.31. The van der Waals surface area contributed by atoms with Gasteiger partial charge in [0.05, 0.1) is 5.69 Å². The largest absolute Gasteiger partial charge is 0.475 e. The zero-order valence-electron chi connectivity index (χ0n) is 12.3. The summed E-state index contributed by atoms with van der Waals surface area (Å²) in [6.07, 6.45) is -1.77. The summed E-state index contributed by atoms with van der Waals surface area (Å²) in [4.78, 5) is 11.8. The maximum atomic E-state index is 13.5. The molecule has 0 radical (unpaired) electrons. The Kier molecular flexibility index (Phi) is 5.19. The summed E-state index contributed by atoms with van der Waals surface area (Å²) in [7, 11) is 0. The van der Waals surface area contributed by atoms with E-state index < -0.39 is 64.2 Å². The molecule has 0 aliphatic carbocycles. The maximum Gasteiger partial charge on any atom is 0.265 e. The Bertz CT molecular complexity index is 815. The molecular weight excluding hydrogens is 359 g/mol. The highest BCUT2D eigenvalue weighted by Crippen LogP contribution is 2.27. The normalized spacial score (nSPS) is 12.0.